The minimum absolute atomic E-state index is 0.0344. The molecule has 0 aliphatic rings. The van der Waals surface area contributed by atoms with E-state index in [2.05, 4.69) is 11.9 Å². The Morgan fingerprint density at radius 3 is 3.08 bits per heavy atom. The fourth-order valence-corrected chi connectivity index (χ4v) is 0.949. The summed E-state index contributed by atoms with van der Waals surface area (Å²) in [5, 5.41) is 8.85. The summed E-state index contributed by atoms with van der Waals surface area (Å²) in [5.41, 5.74) is 0.835. The molecule has 0 aromatic carbocycles. The first-order chi connectivity index (χ1) is 6.36. The standard InChI is InChI=1S/C10H15NO2/c1-2-3-6-13-10-7-9(8-12)4-5-11-10/h4-5,7,12H,2-3,6,8H2,1H3. The third kappa shape index (κ3) is 3.42. The highest BCUT2D eigenvalue weighted by Gasteiger charge is 1.96. The number of aromatic nitrogens is 1. The number of aliphatic hydroxyl groups is 1. The monoisotopic (exact) mass is 181 g/mol. The van der Waals surface area contributed by atoms with Crippen LogP contribution in [0, 0.1) is 0 Å². The molecule has 1 rings (SSSR count). The number of hydrogen-bond acceptors (Lipinski definition) is 3. The van der Waals surface area contributed by atoms with E-state index in [0.717, 1.165) is 18.4 Å². The van der Waals surface area contributed by atoms with E-state index < -0.39 is 0 Å². The molecule has 13 heavy (non-hydrogen) atoms. The van der Waals surface area contributed by atoms with Crippen molar-refractivity contribution in [1.29, 1.82) is 0 Å². The van der Waals surface area contributed by atoms with Crippen LogP contribution in [-0.2, 0) is 6.61 Å². The van der Waals surface area contributed by atoms with E-state index >= 15 is 0 Å². The van der Waals surface area contributed by atoms with Gasteiger partial charge in [-0.25, -0.2) is 4.98 Å². The van der Waals surface area contributed by atoms with Gasteiger partial charge in [0.15, 0.2) is 0 Å². The summed E-state index contributed by atoms with van der Waals surface area (Å²) in [6.07, 6.45) is 3.79. The highest BCUT2D eigenvalue weighted by atomic mass is 16.5. The van der Waals surface area contributed by atoms with E-state index in [1.807, 2.05) is 0 Å². The lowest BCUT2D eigenvalue weighted by molar-refractivity contribution is 0.276. The van der Waals surface area contributed by atoms with Crippen molar-refractivity contribution in [3.63, 3.8) is 0 Å². The molecule has 0 bridgehead atoms. The van der Waals surface area contributed by atoms with Gasteiger partial charge in [-0.3, -0.25) is 0 Å². The molecular formula is C10H15NO2. The van der Waals surface area contributed by atoms with Crippen LogP contribution in [0.15, 0.2) is 18.3 Å². The molecule has 0 saturated carbocycles. The first-order valence-corrected chi connectivity index (χ1v) is 4.55. The quantitative estimate of drug-likeness (QED) is 0.704. The van der Waals surface area contributed by atoms with Crippen molar-refractivity contribution in [3.05, 3.63) is 23.9 Å². The molecule has 0 unspecified atom stereocenters. The van der Waals surface area contributed by atoms with Gasteiger partial charge in [-0.15, -0.1) is 0 Å². The zero-order valence-electron chi connectivity index (χ0n) is 7.86. The van der Waals surface area contributed by atoms with Crippen LogP contribution in [0.5, 0.6) is 5.88 Å². The average Bonchev–Trinajstić information content (AvgIpc) is 2.19. The van der Waals surface area contributed by atoms with Crippen LogP contribution < -0.4 is 4.74 Å². The Kier molecular flexibility index (Phi) is 4.26. The van der Waals surface area contributed by atoms with Crippen molar-refractivity contribution in [2.75, 3.05) is 6.61 Å². The second-order valence-corrected chi connectivity index (χ2v) is 2.86. The van der Waals surface area contributed by atoms with Gasteiger partial charge >= 0.3 is 0 Å². The van der Waals surface area contributed by atoms with Gasteiger partial charge in [-0.2, -0.15) is 0 Å². The van der Waals surface area contributed by atoms with Gasteiger partial charge in [0.05, 0.1) is 13.2 Å². The van der Waals surface area contributed by atoms with E-state index in [9.17, 15) is 0 Å². The number of unbranched alkanes of at least 4 members (excludes halogenated alkanes) is 1. The zero-order valence-corrected chi connectivity index (χ0v) is 7.86. The van der Waals surface area contributed by atoms with Gasteiger partial charge in [-0.1, -0.05) is 13.3 Å². The molecule has 0 amide bonds. The van der Waals surface area contributed by atoms with Crippen molar-refractivity contribution >= 4 is 0 Å². The fourth-order valence-electron chi connectivity index (χ4n) is 0.949. The lowest BCUT2D eigenvalue weighted by Gasteiger charge is -2.04. The van der Waals surface area contributed by atoms with Gasteiger partial charge in [0.1, 0.15) is 0 Å². The van der Waals surface area contributed by atoms with E-state index in [4.69, 9.17) is 9.84 Å². The Bertz CT molecular complexity index is 250. The van der Waals surface area contributed by atoms with Crippen molar-refractivity contribution in [2.24, 2.45) is 0 Å². The molecule has 1 N–H and O–H groups in total. The second kappa shape index (κ2) is 5.54. The van der Waals surface area contributed by atoms with Crippen LogP contribution in [0.4, 0.5) is 0 Å². The molecule has 0 aliphatic carbocycles. The predicted octanol–water partition coefficient (Wildman–Crippen LogP) is 1.75. The van der Waals surface area contributed by atoms with Crippen molar-refractivity contribution in [3.8, 4) is 5.88 Å². The zero-order chi connectivity index (χ0) is 9.52. The molecule has 0 spiro atoms. The SMILES string of the molecule is CCCCOc1cc(CO)ccn1. The lowest BCUT2D eigenvalue weighted by Crippen LogP contribution is -1.98. The molecule has 0 atom stereocenters. The molecule has 0 fully saturated rings. The summed E-state index contributed by atoms with van der Waals surface area (Å²) < 4.78 is 5.37. The summed E-state index contributed by atoms with van der Waals surface area (Å²) in [6.45, 7) is 2.84. The van der Waals surface area contributed by atoms with E-state index in [-0.39, 0.29) is 6.61 Å². The number of nitrogens with zero attached hydrogens (tertiary/aromatic N) is 1. The maximum absolute atomic E-state index is 8.85. The normalized spacial score (nSPS) is 10.0. The molecular weight excluding hydrogens is 166 g/mol. The van der Waals surface area contributed by atoms with Crippen LogP contribution in [0.2, 0.25) is 0 Å². The van der Waals surface area contributed by atoms with Gasteiger partial charge < -0.3 is 9.84 Å². The molecule has 3 nitrogen and oxygen atoms in total. The van der Waals surface area contributed by atoms with E-state index in [0.29, 0.717) is 12.5 Å². The molecule has 0 radical (unpaired) electrons. The topological polar surface area (TPSA) is 42.4 Å². The van der Waals surface area contributed by atoms with E-state index in [1.54, 1.807) is 18.3 Å². The Hall–Kier alpha value is -1.09. The number of hydrogen-bond donors (Lipinski definition) is 1. The third-order valence-corrected chi connectivity index (χ3v) is 1.73. The van der Waals surface area contributed by atoms with Gasteiger partial charge in [0.25, 0.3) is 0 Å². The van der Waals surface area contributed by atoms with Gasteiger partial charge in [-0.05, 0) is 18.1 Å². The highest BCUT2D eigenvalue weighted by Crippen LogP contribution is 2.09. The minimum Gasteiger partial charge on any atom is -0.478 e. The summed E-state index contributed by atoms with van der Waals surface area (Å²) >= 11 is 0. The Balaban J connectivity index is 2.46. The third-order valence-electron chi connectivity index (χ3n) is 1.73. The summed E-state index contributed by atoms with van der Waals surface area (Å²) in [4.78, 5) is 4.03. The van der Waals surface area contributed by atoms with Crippen molar-refractivity contribution in [1.82, 2.24) is 4.98 Å². The number of aliphatic hydroxyl groups excluding tert-OH is 1. The van der Waals surface area contributed by atoms with Crippen LogP contribution in [-0.4, -0.2) is 16.7 Å². The lowest BCUT2D eigenvalue weighted by atomic mass is 10.3. The maximum Gasteiger partial charge on any atom is 0.213 e. The van der Waals surface area contributed by atoms with Gasteiger partial charge in [0.2, 0.25) is 5.88 Å². The van der Waals surface area contributed by atoms with Crippen molar-refractivity contribution in [2.45, 2.75) is 26.4 Å². The van der Waals surface area contributed by atoms with Crippen molar-refractivity contribution < 1.29 is 9.84 Å². The summed E-state index contributed by atoms with van der Waals surface area (Å²) in [5.74, 6) is 0.597. The van der Waals surface area contributed by atoms with Crippen LogP contribution >= 0.6 is 0 Å². The Morgan fingerprint density at radius 2 is 2.38 bits per heavy atom. The molecule has 0 saturated heterocycles. The molecule has 0 aliphatic heterocycles. The van der Waals surface area contributed by atoms with E-state index in [1.165, 1.54) is 0 Å². The predicted molar refractivity (Wildman–Crippen MR) is 50.6 cm³/mol. The second-order valence-electron chi connectivity index (χ2n) is 2.86. The Labute approximate surface area is 78.4 Å². The number of pyridine rings is 1. The molecule has 3 heteroatoms. The van der Waals surface area contributed by atoms with Crippen LogP contribution in [0.3, 0.4) is 0 Å². The molecule has 1 aromatic rings. The van der Waals surface area contributed by atoms with Crippen LogP contribution in [0.25, 0.3) is 0 Å². The number of rotatable bonds is 5. The summed E-state index contributed by atoms with van der Waals surface area (Å²) in [6, 6.07) is 3.53. The minimum atomic E-state index is 0.0344. The fraction of sp³-hybridized carbons (Fsp3) is 0.500. The first kappa shape index (κ1) is 9.99. The molecule has 1 aromatic heterocycles. The summed E-state index contributed by atoms with van der Waals surface area (Å²) in [7, 11) is 0. The molecule has 72 valence electrons. The number of ether oxygens (including phenoxy) is 1. The van der Waals surface area contributed by atoms with Gasteiger partial charge in [0, 0.05) is 12.3 Å². The maximum atomic E-state index is 8.85. The smallest absolute Gasteiger partial charge is 0.213 e. The largest absolute Gasteiger partial charge is 0.478 e. The highest BCUT2D eigenvalue weighted by molar-refractivity contribution is 5.19. The average molecular weight is 181 g/mol. The first-order valence-electron chi connectivity index (χ1n) is 4.55. The molecule has 1 heterocycles. The Morgan fingerprint density at radius 1 is 1.54 bits per heavy atom. The van der Waals surface area contributed by atoms with Crippen LogP contribution in [0.1, 0.15) is 25.3 Å².